The minimum Gasteiger partial charge on any atom is -0.497 e. The normalized spacial score (nSPS) is 10.4. The summed E-state index contributed by atoms with van der Waals surface area (Å²) in [7, 11) is 1.60. The Morgan fingerprint density at radius 1 is 1.25 bits per heavy atom. The van der Waals surface area contributed by atoms with Crippen LogP contribution in [0.15, 0.2) is 53.2 Å². The van der Waals surface area contributed by atoms with E-state index >= 15 is 0 Å². The molecule has 0 aliphatic rings. The number of aromatic nitrogens is 2. The van der Waals surface area contributed by atoms with Crippen LogP contribution in [0.3, 0.4) is 0 Å². The molecule has 3 rings (SSSR count). The van der Waals surface area contributed by atoms with Gasteiger partial charge in [0.25, 0.3) is 0 Å². The third-order valence-electron chi connectivity index (χ3n) is 3.24. The standard InChI is InChI=1S/C16H13N3O5/c1-22-12-6-4-11(5-7-12)14-9-13(24-18-14)10-23-15-3-2-8-17-16(15)19(20)21/h2-9H,10H2,1H3. The van der Waals surface area contributed by atoms with Gasteiger partial charge in [-0.25, -0.2) is 0 Å². The number of rotatable bonds is 6. The minimum atomic E-state index is -0.599. The molecular weight excluding hydrogens is 314 g/mol. The van der Waals surface area contributed by atoms with Crippen LogP contribution in [0.1, 0.15) is 5.76 Å². The number of benzene rings is 1. The molecule has 122 valence electrons. The van der Waals surface area contributed by atoms with Gasteiger partial charge in [-0.15, -0.1) is 0 Å². The monoisotopic (exact) mass is 327 g/mol. The van der Waals surface area contributed by atoms with Crippen LogP contribution in [-0.2, 0) is 6.61 Å². The number of hydrogen-bond donors (Lipinski definition) is 0. The van der Waals surface area contributed by atoms with Crippen molar-refractivity contribution in [1.82, 2.24) is 10.1 Å². The van der Waals surface area contributed by atoms with Crippen LogP contribution in [0.5, 0.6) is 11.5 Å². The number of methoxy groups -OCH3 is 1. The van der Waals surface area contributed by atoms with E-state index in [2.05, 4.69) is 10.1 Å². The summed E-state index contributed by atoms with van der Waals surface area (Å²) in [6, 6.07) is 12.1. The average molecular weight is 327 g/mol. The molecule has 0 fully saturated rings. The van der Waals surface area contributed by atoms with Crippen molar-refractivity contribution in [3.05, 3.63) is 64.5 Å². The highest BCUT2D eigenvalue weighted by Gasteiger charge is 2.16. The second-order valence-corrected chi connectivity index (χ2v) is 4.78. The van der Waals surface area contributed by atoms with Crippen molar-refractivity contribution in [1.29, 1.82) is 0 Å². The lowest BCUT2D eigenvalue weighted by Crippen LogP contribution is -1.99. The Bertz CT molecular complexity index is 845. The predicted octanol–water partition coefficient (Wildman–Crippen LogP) is 3.23. The van der Waals surface area contributed by atoms with Crippen molar-refractivity contribution < 1.29 is 18.9 Å². The van der Waals surface area contributed by atoms with E-state index in [-0.39, 0.29) is 18.2 Å². The molecule has 0 radical (unpaired) electrons. The lowest BCUT2D eigenvalue weighted by molar-refractivity contribution is -0.390. The molecule has 0 spiro atoms. The van der Waals surface area contributed by atoms with Crippen LogP contribution in [0.4, 0.5) is 5.82 Å². The molecule has 0 aliphatic heterocycles. The summed E-state index contributed by atoms with van der Waals surface area (Å²) in [5.41, 5.74) is 1.50. The van der Waals surface area contributed by atoms with Gasteiger partial charge in [0.15, 0.2) is 5.76 Å². The molecular formula is C16H13N3O5. The van der Waals surface area contributed by atoms with E-state index in [4.69, 9.17) is 14.0 Å². The second-order valence-electron chi connectivity index (χ2n) is 4.78. The molecule has 8 nitrogen and oxygen atoms in total. The number of nitro groups is 1. The number of nitrogens with zero attached hydrogens (tertiary/aromatic N) is 3. The summed E-state index contributed by atoms with van der Waals surface area (Å²) in [4.78, 5) is 14.0. The average Bonchev–Trinajstić information content (AvgIpc) is 3.09. The van der Waals surface area contributed by atoms with Crippen molar-refractivity contribution in [2.24, 2.45) is 0 Å². The van der Waals surface area contributed by atoms with Crippen LogP contribution < -0.4 is 9.47 Å². The Morgan fingerprint density at radius 3 is 2.75 bits per heavy atom. The van der Waals surface area contributed by atoms with Crippen molar-refractivity contribution in [3.8, 4) is 22.8 Å². The van der Waals surface area contributed by atoms with E-state index in [0.29, 0.717) is 11.5 Å². The fourth-order valence-corrected chi connectivity index (χ4v) is 2.06. The zero-order valence-electron chi connectivity index (χ0n) is 12.7. The van der Waals surface area contributed by atoms with Gasteiger partial charge in [-0.2, -0.15) is 0 Å². The highest BCUT2D eigenvalue weighted by Crippen LogP contribution is 2.25. The van der Waals surface area contributed by atoms with Crippen LogP contribution in [0.25, 0.3) is 11.3 Å². The van der Waals surface area contributed by atoms with Crippen LogP contribution >= 0.6 is 0 Å². The summed E-state index contributed by atoms with van der Waals surface area (Å²) < 4.78 is 15.7. The molecule has 0 bridgehead atoms. The largest absolute Gasteiger partial charge is 0.497 e. The Kier molecular flexibility index (Phi) is 4.37. The fourth-order valence-electron chi connectivity index (χ4n) is 2.06. The summed E-state index contributed by atoms with van der Waals surface area (Å²) >= 11 is 0. The molecule has 8 heteroatoms. The topological polar surface area (TPSA) is 101 Å². The maximum Gasteiger partial charge on any atom is 0.406 e. The summed E-state index contributed by atoms with van der Waals surface area (Å²) in [5, 5.41) is 14.9. The van der Waals surface area contributed by atoms with Crippen molar-refractivity contribution in [2.75, 3.05) is 7.11 Å². The van der Waals surface area contributed by atoms with E-state index in [0.717, 1.165) is 11.3 Å². The van der Waals surface area contributed by atoms with Crippen LogP contribution in [0, 0.1) is 10.1 Å². The van der Waals surface area contributed by atoms with Gasteiger partial charge in [0.1, 0.15) is 24.2 Å². The van der Waals surface area contributed by atoms with E-state index in [9.17, 15) is 10.1 Å². The first kappa shape index (κ1) is 15.5. The minimum absolute atomic E-state index is 0.00961. The highest BCUT2D eigenvalue weighted by atomic mass is 16.6. The molecule has 0 saturated heterocycles. The van der Waals surface area contributed by atoms with Gasteiger partial charge < -0.3 is 24.1 Å². The molecule has 1 aromatic carbocycles. The predicted molar refractivity (Wildman–Crippen MR) is 83.7 cm³/mol. The molecule has 2 aromatic heterocycles. The maximum absolute atomic E-state index is 10.9. The summed E-state index contributed by atoms with van der Waals surface area (Å²) in [5.74, 6) is 0.922. The van der Waals surface area contributed by atoms with Gasteiger partial charge in [0, 0.05) is 11.6 Å². The maximum atomic E-state index is 10.9. The molecule has 0 amide bonds. The van der Waals surface area contributed by atoms with Gasteiger partial charge in [-0.1, -0.05) is 5.16 Å². The van der Waals surface area contributed by atoms with Crippen LogP contribution in [0.2, 0.25) is 0 Å². The summed E-state index contributed by atoms with van der Waals surface area (Å²) in [6.45, 7) is 0.00961. The Labute approximate surface area is 136 Å². The fraction of sp³-hybridized carbons (Fsp3) is 0.125. The number of hydrogen-bond acceptors (Lipinski definition) is 7. The molecule has 0 atom stereocenters. The first-order valence-electron chi connectivity index (χ1n) is 6.99. The zero-order chi connectivity index (χ0) is 16.9. The Hall–Kier alpha value is -3.42. The highest BCUT2D eigenvalue weighted by molar-refractivity contribution is 5.59. The molecule has 0 unspecified atom stereocenters. The lowest BCUT2D eigenvalue weighted by Gasteiger charge is -2.03. The molecule has 24 heavy (non-hydrogen) atoms. The SMILES string of the molecule is COc1ccc(-c2cc(COc3cccnc3[N+](=O)[O-])on2)cc1. The third-order valence-corrected chi connectivity index (χ3v) is 3.24. The van der Waals surface area contributed by atoms with Crippen molar-refractivity contribution in [3.63, 3.8) is 0 Å². The molecule has 3 aromatic rings. The van der Waals surface area contributed by atoms with E-state index in [1.165, 1.54) is 12.3 Å². The first-order valence-corrected chi connectivity index (χ1v) is 6.99. The summed E-state index contributed by atoms with van der Waals surface area (Å²) in [6.07, 6.45) is 1.33. The first-order chi connectivity index (χ1) is 11.7. The van der Waals surface area contributed by atoms with Gasteiger partial charge >= 0.3 is 5.82 Å². The van der Waals surface area contributed by atoms with Gasteiger partial charge in [-0.3, -0.25) is 0 Å². The molecule has 2 heterocycles. The number of pyridine rings is 1. The molecule has 0 aliphatic carbocycles. The second kappa shape index (κ2) is 6.78. The zero-order valence-corrected chi connectivity index (χ0v) is 12.7. The van der Waals surface area contributed by atoms with Gasteiger partial charge in [-0.05, 0) is 46.3 Å². The van der Waals surface area contributed by atoms with Crippen molar-refractivity contribution >= 4 is 5.82 Å². The molecule has 0 N–H and O–H groups in total. The van der Waals surface area contributed by atoms with E-state index in [1.54, 1.807) is 19.2 Å². The molecule has 0 saturated carbocycles. The number of ether oxygens (including phenoxy) is 2. The third kappa shape index (κ3) is 3.32. The lowest BCUT2D eigenvalue weighted by atomic mass is 10.1. The van der Waals surface area contributed by atoms with Crippen LogP contribution in [-0.4, -0.2) is 22.2 Å². The van der Waals surface area contributed by atoms with E-state index < -0.39 is 4.92 Å². The van der Waals surface area contributed by atoms with Gasteiger partial charge in [0.2, 0.25) is 5.75 Å². The van der Waals surface area contributed by atoms with Crippen molar-refractivity contribution in [2.45, 2.75) is 6.61 Å². The van der Waals surface area contributed by atoms with E-state index in [1.807, 2.05) is 24.3 Å². The van der Waals surface area contributed by atoms with Gasteiger partial charge in [0.05, 0.1) is 7.11 Å². The Balaban J connectivity index is 1.71. The quantitative estimate of drug-likeness (QED) is 0.506. The Morgan fingerprint density at radius 2 is 2.04 bits per heavy atom. The smallest absolute Gasteiger partial charge is 0.406 e.